The van der Waals surface area contributed by atoms with Crippen LogP contribution in [0.2, 0.25) is 0 Å². The summed E-state index contributed by atoms with van der Waals surface area (Å²) >= 11 is 0. The summed E-state index contributed by atoms with van der Waals surface area (Å²) in [6, 6.07) is 0. The van der Waals surface area contributed by atoms with E-state index in [2.05, 4.69) is 137 Å². The molecule has 3 N–H and O–H groups in total. The number of rotatable bonds is 75. The van der Waals surface area contributed by atoms with E-state index in [1.54, 1.807) is 0 Å². The third-order valence-electron chi connectivity index (χ3n) is 16.6. The van der Waals surface area contributed by atoms with E-state index >= 15 is 0 Å². The van der Waals surface area contributed by atoms with Gasteiger partial charge in [-0.25, -0.2) is 9.13 Å². The number of aliphatic hydroxyl groups is 1. The van der Waals surface area contributed by atoms with Crippen molar-refractivity contribution in [3.8, 4) is 0 Å². The van der Waals surface area contributed by atoms with E-state index in [1.807, 2.05) is 24.3 Å². The Bertz CT molecular complexity index is 2490. The molecule has 19 heteroatoms. The van der Waals surface area contributed by atoms with Gasteiger partial charge in [0.1, 0.15) is 19.3 Å². The van der Waals surface area contributed by atoms with E-state index in [9.17, 15) is 43.2 Å². The topological polar surface area (TPSA) is 237 Å². The Morgan fingerprint density at radius 1 is 0.279 bits per heavy atom. The lowest BCUT2D eigenvalue weighted by Gasteiger charge is -2.21. The van der Waals surface area contributed by atoms with Crippen LogP contribution in [0.25, 0.3) is 0 Å². The Morgan fingerprint density at radius 3 is 0.865 bits per heavy atom. The summed E-state index contributed by atoms with van der Waals surface area (Å²) < 4.78 is 68.5. The highest BCUT2D eigenvalue weighted by Crippen LogP contribution is 2.45. The Hall–Kier alpha value is -4.80. The highest BCUT2D eigenvalue weighted by molar-refractivity contribution is 7.47. The molecule has 0 spiro atoms. The second-order valence-electron chi connectivity index (χ2n) is 26.7. The van der Waals surface area contributed by atoms with Gasteiger partial charge in [-0.1, -0.05) is 277 Å². The van der Waals surface area contributed by atoms with E-state index < -0.39 is 97.5 Å². The van der Waals surface area contributed by atoms with E-state index in [0.717, 1.165) is 128 Å². The van der Waals surface area contributed by atoms with Crippen LogP contribution in [-0.2, 0) is 65.4 Å². The quantitative estimate of drug-likeness (QED) is 0.0128. The van der Waals surface area contributed by atoms with Crippen LogP contribution in [0.1, 0.15) is 323 Å². The lowest BCUT2D eigenvalue weighted by Crippen LogP contribution is -2.30. The molecular weight excluding hydrogens is 1350 g/mol. The molecule has 0 fully saturated rings. The summed E-state index contributed by atoms with van der Waals surface area (Å²) in [6.45, 7) is 4.65. The zero-order valence-electron chi connectivity index (χ0n) is 65.2. The average molecular weight is 1500 g/mol. The molecule has 0 aliphatic rings. The summed E-state index contributed by atoms with van der Waals surface area (Å²) in [7, 11) is -10.0. The van der Waals surface area contributed by atoms with Crippen LogP contribution in [0.5, 0.6) is 0 Å². The molecule has 0 heterocycles. The van der Waals surface area contributed by atoms with Crippen LogP contribution in [0.3, 0.4) is 0 Å². The highest BCUT2D eigenvalue weighted by Gasteiger charge is 2.30. The second-order valence-corrected chi connectivity index (χ2v) is 29.6. The molecular formula is C85H144O17P2. The highest BCUT2D eigenvalue weighted by atomic mass is 31.2. The molecule has 0 aromatic heterocycles. The third kappa shape index (κ3) is 75.4. The van der Waals surface area contributed by atoms with Crippen molar-refractivity contribution in [2.24, 2.45) is 0 Å². The molecule has 0 aliphatic carbocycles. The number of phosphoric acid groups is 2. The number of ether oxygens (including phenoxy) is 4. The van der Waals surface area contributed by atoms with E-state index in [4.69, 9.17) is 37.0 Å². The van der Waals surface area contributed by atoms with Gasteiger partial charge in [0.2, 0.25) is 0 Å². The van der Waals surface area contributed by atoms with Crippen LogP contribution in [-0.4, -0.2) is 96.7 Å². The van der Waals surface area contributed by atoms with Gasteiger partial charge in [0.25, 0.3) is 0 Å². The third-order valence-corrected chi connectivity index (χ3v) is 18.5. The van der Waals surface area contributed by atoms with Gasteiger partial charge in [0.05, 0.1) is 26.4 Å². The van der Waals surface area contributed by atoms with Crippen LogP contribution < -0.4 is 0 Å². The normalized spacial score (nSPS) is 14.6. The fourth-order valence-electron chi connectivity index (χ4n) is 10.4. The predicted octanol–water partition coefficient (Wildman–Crippen LogP) is 23.7. The SMILES string of the molecule is CCCCC/C=C\C/C=C\C/C=C\C/C=C\CCCC(=O)OC[C@H](COP(=O)(O)OC[C@H](O)COP(=O)(O)OC[C@@H](COC(=O)CCCCCCC/C=C\C=C/CCCCCC)OC(=O)CCC/C=C\C/C=C\C/C=C\C/C=C\CCCCC)OC(=O)CCCCCCC/C=C\CCCCCCCC. The summed E-state index contributed by atoms with van der Waals surface area (Å²) in [5.74, 6) is -2.33. The van der Waals surface area contributed by atoms with Gasteiger partial charge in [-0.15, -0.1) is 0 Å². The molecule has 596 valence electrons. The first-order valence-corrected chi connectivity index (χ1v) is 43.4. The fraction of sp³-hybridized carbons (Fsp3) is 0.694. The Morgan fingerprint density at radius 2 is 0.510 bits per heavy atom. The van der Waals surface area contributed by atoms with Gasteiger partial charge in [0.15, 0.2) is 12.2 Å². The Kier molecular flexibility index (Phi) is 72.9. The standard InChI is InChI=1S/C85H144O17P2/c1-5-9-13-17-21-25-29-33-37-39-43-46-50-54-58-62-66-70-83(88)96-76-80(101-84(89)71-67-63-59-55-51-47-42-36-32-28-24-20-16-12-8-4)77-99-103(91,92)97-73-79(86)74-98-104(93,94)100-78-81(75-95-82(87)69-65-61-57-53-49-45-41-35-31-27-23-19-15-11-7-3)102-85(90)72-68-64-60-56-52-48-44-40-38-34-30-26-22-18-14-10-6-2/h21-22,25-27,31,33-38,41-44,46,48,54,56,58,60,79-81,86H,5-20,23-24,28-30,32,39-40,45,47,49-53,55,57,59,61-78H2,1-4H3,(H,91,92)(H,93,94)/b25-21-,26-22-,31-27-,37-33-,38-34-,41-35-,42-36-,46-43-,48-44-,58-54-,60-56-/t79-,80+,81+/m0/s1. The molecule has 0 saturated heterocycles. The molecule has 0 bridgehead atoms. The van der Waals surface area contributed by atoms with E-state index in [-0.39, 0.29) is 25.7 Å². The first kappa shape index (κ1) is 99.2. The summed E-state index contributed by atoms with van der Waals surface area (Å²) in [4.78, 5) is 73.0. The number of unbranched alkanes of at least 4 members (excludes halogenated alkanes) is 28. The Labute approximate surface area is 631 Å². The van der Waals surface area contributed by atoms with Crippen LogP contribution in [0.4, 0.5) is 0 Å². The van der Waals surface area contributed by atoms with Gasteiger partial charge < -0.3 is 33.8 Å². The molecule has 0 saturated carbocycles. The second kappa shape index (κ2) is 76.4. The minimum absolute atomic E-state index is 0.0116. The van der Waals surface area contributed by atoms with Crippen LogP contribution in [0, 0.1) is 0 Å². The molecule has 2 unspecified atom stereocenters. The van der Waals surface area contributed by atoms with Crippen molar-refractivity contribution in [3.05, 3.63) is 134 Å². The Balaban J connectivity index is 5.49. The van der Waals surface area contributed by atoms with Crippen molar-refractivity contribution in [1.29, 1.82) is 0 Å². The number of hydrogen-bond acceptors (Lipinski definition) is 15. The average Bonchev–Trinajstić information content (AvgIpc) is 0.909. The lowest BCUT2D eigenvalue weighted by atomic mass is 10.1. The number of allylic oxidation sites excluding steroid dienone is 22. The maximum atomic E-state index is 13.1. The number of phosphoric ester groups is 2. The van der Waals surface area contributed by atoms with E-state index in [0.29, 0.717) is 38.5 Å². The minimum Gasteiger partial charge on any atom is -0.462 e. The van der Waals surface area contributed by atoms with Gasteiger partial charge in [-0.05, 0) is 154 Å². The van der Waals surface area contributed by atoms with Crippen molar-refractivity contribution in [3.63, 3.8) is 0 Å². The summed E-state index contributed by atoms with van der Waals surface area (Å²) in [5, 5.41) is 10.6. The number of carbonyl (C=O) groups is 4. The number of esters is 4. The molecule has 0 aromatic carbocycles. The molecule has 0 rings (SSSR count). The van der Waals surface area contributed by atoms with Gasteiger partial charge in [-0.3, -0.25) is 37.3 Å². The smallest absolute Gasteiger partial charge is 0.462 e. The zero-order chi connectivity index (χ0) is 76.0. The number of hydrogen-bond donors (Lipinski definition) is 3. The molecule has 5 atom stereocenters. The predicted molar refractivity (Wildman–Crippen MR) is 427 cm³/mol. The number of aliphatic hydroxyl groups excluding tert-OH is 1. The van der Waals surface area contributed by atoms with Gasteiger partial charge >= 0.3 is 39.5 Å². The first-order chi connectivity index (χ1) is 50.7. The summed E-state index contributed by atoms with van der Waals surface area (Å²) in [5.41, 5.74) is 0. The summed E-state index contributed by atoms with van der Waals surface area (Å²) in [6.07, 6.45) is 85.8. The monoisotopic (exact) mass is 1500 g/mol. The molecule has 0 radical (unpaired) electrons. The van der Waals surface area contributed by atoms with Crippen molar-refractivity contribution in [1.82, 2.24) is 0 Å². The van der Waals surface area contributed by atoms with Gasteiger partial charge in [0, 0.05) is 25.7 Å². The van der Waals surface area contributed by atoms with Crippen molar-refractivity contribution in [2.75, 3.05) is 39.6 Å². The molecule has 0 aromatic rings. The molecule has 0 amide bonds. The first-order valence-electron chi connectivity index (χ1n) is 40.4. The fourth-order valence-corrected chi connectivity index (χ4v) is 11.9. The van der Waals surface area contributed by atoms with Gasteiger partial charge in [-0.2, -0.15) is 0 Å². The zero-order valence-corrected chi connectivity index (χ0v) is 66.9. The lowest BCUT2D eigenvalue weighted by molar-refractivity contribution is -0.161. The van der Waals surface area contributed by atoms with Crippen molar-refractivity contribution < 1.29 is 80.2 Å². The van der Waals surface area contributed by atoms with E-state index in [1.165, 1.54) is 103 Å². The van der Waals surface area contributed by atoms with Crippen LogP contribution in [0.15, 0.2) is 134 Å². The maximum Gasteiger partial charge on any atom is 0.472 e. The van der Waals surface area contributed by atoms with Crippen molar-refractivity contribution in [2.45, 2.75) is 341 Å². The van der Waals surface area contributed by atoms with Crippen LogP contribution >= 0.6 is 15.6 Å². The molecule has 17 nitrogen and oxygen atoms in total. The molecule has 104 heavy (non-hydrogen) atoms. The largest absolute Gasteiger partial charge is 0.472 e. The van der Waals surface area contributed by atoms with Crippen molar-refractivity contribution >= 4 is 39.5 Å². The minimum atomic E-state index is -5.00. The number of carbonyl (C=O) groups excluding carboxylic acids is 4. The molecule has 0 aliphatic heterocycles. The maximum absolute atomic E-state index is 13.1.